The Morgan fingerprint density at radius 3 is 3.00 bits per heavy atom. The maximum Gasteiger partial charge on any atom is 0.258 e. The molecular formula is C14H19N3O2S. The average molecular weight is 293 g/mol. The fraction of sp³-hybridized carbons (Fsp3) is 0.429. The Morgan fingerprint density at radius 1 is 1.50 bits per heavy atom. The minimum absolute atomic E-state index is 0.0800. The number of nitrogens with one attached hydrogen (secondary N) is 1. The molecule has 0 aliphatic heterocycles. The zero-order valence-corrected chi connectivity index (χ0v) is 12.4. The number of hydrogen-bond acceptors (Lipinski definition) is 5. The first-order valence-corrected chi connectivity index (χ1v) is 7.79. The smallest absolute Gasteiger partial charge is 0.258 e. The molecule has 0 spiro atoms. The van der Waals surface area contributed by atoms with Crippen molar-refractivity contribution in [2.75, 3.05) is 12.9 Å². The number of rotatable bonds is 6. The molecule has 0 radical (unpaired) electrons. The van der Waals surface area contributed by atoms with Crippen LogP contribution in [-0.4, -0.2) is 38.6 Å². The quantitative estimate of drug-likeness (QED) is 0.828. The molecule has 0 aliphatic carbocycles. The minimum Gasteiger partial charge on any atom is -0.395 e. The van der Waals surface area contributed by atoms with Crippen LogP contribution in [0.15, 0.2) is 35.3 Å². The van der Waals surface area contributed by atoms with Crippen LogP contribution in [0, 0.1) is 0 Å². The van der Waals surface area contributed by atoms with Crippen molar-refractivity contribution < 1.29 is 5.11 Å². The molecule has 0 bridgehead atoms. The monoisotopic (exact) mass is 293 g/mol. The summed E-state index contributed by atoms with van der Waals surface area (Å²) in [6.07, 6.45) is 3.68. The fourth-order valence-corrected chi connectivity index (χ4v) is 2.68. The second-order valence-electron chi connectivity index (χ2n) is 4.64. The number of nitrogens with zero attached hydrogens (tertiary/aromatic N) is 2. The van der Waals surface area contributed by atoms with Crippen molar-refractivity contribution in [2.45, 2.75) is 24.8 Å². The Balaban J connectivity index is 2.12. The van der Waals surface area contributed by atoms with Crippen LogP contribution < -0.4 is 10.9 Å². The highest BCUT2D eigenvalue weighted by molar-refractivity contribution is 7.99. The van der Waals surface area contributed by atoms with Crippen LogP contribution in [-0.2, 0) is 6.54 Å². The number of hydrogen-bond donors (Lipinski definition) is 2. The summed E-state index contributed by atoms with van der Waals surface area (Å²) in [4.78, 5) is 16.4. The van der Waals surface area contributed by atoms with E-state index < -0.39 is 0 Å². The van der Waals surface area contributed by atoms with Gasteiger partial charge in [0.25, 0.3) is 5.56 Å². The zero-order chi connectivity index (χ0) is 14.5. The Labute approximate surface area is 122 Å². The molecule has 0 aliphatic rings. The van der Waals surface area contributed by atoms with Gasteiger partial charge in [0.2, 0.25) is 0 Å². The highest BCUT2D eigenvalue weighted by atomic mass is 32.2. The number of fused-ring (bicyclic) bond motifs is 1. The number of aliphatic hydroxyl groups is 1. The number of thioether (sulfide) groups is 1. The molecule has 108 valence electrons. The van der Waals surface area contributed by atoms with Gasteiger partial charge >= 0.3 is 0 Å². The van der Waals surface area contributed by atoms with Crippen molar-refractivity contribution >= 4 is 17.4 Å². The van der Waals surface area contributed by atoms with Gasteiger partial charge in [-0.3, -0.25) is 9.20 Å². The molecular weight excluding hydrogens is 274 g/mol. The topological polar surface area (TPSA) is 66.6 Å². The third-order valence-electron chi connectivity index (χ3n) is 3.27. The lowest BCUT2D eigenvalue weighted by Gasteiger charge is -2.21. The molecule has 2 atom stereocenters. The van der Waals surface area contributed by atoms with Gasteiger partial charge in [0.05, 0.1) is 12.3 Å². The first-order chi connectivity index (χ1) is 9.65. The summed E-state index contributed by atoms with van der Waals surface area (Å²) in [7, 11) is 0. The van der Waals surface area contributed by atoms with Crippen molar-refractivity contribution in [2.24, 2.45) is 0 Å². The Morgan fingerprint density at radius 2 is 2.30 bits per heavy atom. The predicted octanol–water partition coefficient (Wildman–Crippen LogP) is 0.896. The first kappa shape index (κ1) is 15.0. The third kappa shape index (κ3) is 3.39. The molecule has 2 unspecified atom stereocenters. The van der Waals surface area contributed by atoms with Crippen LogP contribution >= 0.6 is 11.8 Å². The van der Waals surface area contributed by atoms with Crippen molar-refractivity contribution in [1.82, 2.24) is 14.7 Å². The SMILES string of the molecule is CSC(CO)C(C)NCc1cc(=O)n2ccccc2n1. The van der Waals surface area contributed by atoms with E-state index in [1.165, 1.54) is 4.40 Å². The van der Waals surface area contributed by atoms with Gasteiger partial charge in [0, 0.05) is 30.1 Å². The van der Waals surface area contributed by atoms with E-state index >= 15 is 0 Å². The first-order valence-electron chi connectivity index (χ1n) is 6.50. The van der Waals surface area contributed by atoms with E-state index in [2.05, 4.69) is 10.3 Å². The van der Waals surface area contributed by atoms with Crippen LogP contribution in [0.25, 0.3) is 5.65 Å². The lowest BCUT2D eigenvalue weighted by atomic mass is 10.2. The molecule has 6 heteroatoms. The van der Waals surface area contributed by atoms with E-state index in [0.29, 0.717) is 17.9 Å². The highest BCUT2D eigenvalue weighted by Gasteiger charge is 2.14. The van der Waals surface area contributed by atoms with Crippen molar-refractivity contribution in [1.29, 1.82) is 0 Å². The molecule has 2 rings (SSSR count). The van der Waals surface area contributed by atoms with E-state index in [1.807, 2.05) is 25.3 Å². The van der Waals surface area contributed by atoms with Crippen LogP contribution in [0.4, 0.5) is 0 Å². The second-order valence-corrected chi connectivity index (χ2v) is 5.72. The third-order valence-corrected chi connectivity index (χ3v) is 4.43. The van der Waals surface area contributed by atoms with Gasteiger partial charge in [-0.15, -0.1) is 0 Å². The van der Waals surface area contributed by atoms with E-state index in [4.69, 9.17) is 0 Å². The molecule has 0 amide bonds. The molecule has 0 fully saturated rings. The van der Waals surface area contributed by atoms with Crippen LogP contribution in [0.3, 0.4) is 0 Å². The van der Waals surface area contributed by atoms with Crippen LogP contribution in [0.1, 0.15) is 12.6 Å². The summed E-state index contributed by atoms with van der Waals surface area (Å²) < 4.78 is 1.52. The van der Waals surface area contributed by atoms with Crippen molar-refractivity contribution in [3.63, 3.8) is 0 Å². The fourth-order valence-electron chi connectivity index (χ4n) is 2.03. The molecule has 2 N–H and O–H groups in total. The Bertz CT molecular complexity index is 625. The predicted molar refractivity (Wildman–Crippen MR) is 82.2 cm³/mol. The van der Waals surface area contributed by atoms with Crippen LogP contribution in [0.5, 0.6) is 0 Å². The Hall–Kier alpha value is -1.37. The summed E-state index contributed by atoms with van der Waals surface area (Å²) >= 11 is 1.62. The molecule has 0 saturated carbocycles. The zero-order valence-electron chi connectivity index (χ0n) is 11.6. The van der Waals surface area contributed by atoms with Crippen LogP contribution in [0.2, 0.25) is 0 Å². The largest absolute Gasteiger partial charge is 0.395 e. The molecule has 0 aromatic carbocycles. The average Bonchev–Trinajstić information content (AvgIpc) is 2.46. The van der Waals surface area contributed by atoms with Gasteiger partial charge < -0.3 is 10.4 Å². The molecule has 2 aromatic heterocycles. The van der Waals surface area contributed by atoms with Crippen molar-refractivity contribution in [3.8, 4) is 0 Å². The van der Waals surface area contributed by atoms with E-state index in [0.717, 1.165) is 0 Å². The maximum atomic E-state index is 11.9. The van der Waals surface area contributed by atoms with Crippen molar-refractivity contribution in [3.05, 3.63) is 46.5 Å². The highest BCUT2D eigenvalue weighted by Crippen LogP contribution is 2.10. The summed E-state index contributed by atoms with van der Waals surface area (Å²) in [5.41, 5.74) is 1.28. The van der Waals surface area contributed by atoms with E-state index in [9.17, 15) is 9.90 Å². The standard InChI is InChI=1S/C14H19N3O2S/c1-10(12(9-18)20-2)15-8-11-7-14(19)17-6-4-3-5-13(17)16-11/h3-7,10,12,15,18H,8-9H2,1-2H3. The molecule has 2 aromatic rings. The minimum atomic E-state index is -0.0800. The van der Waals surface area contributed by atoms with Gasteiger partial charge in [-0.05, 0) is 25.3 Å². The molecule has 20 heavy (non-hydrogen) atoms. The van der Waals surface area contributed by atoms with Gasteiger partial charge in [-0.25, -0.2) is 4.98 Å². The number of aromatic nitrogens is 2. The normalized spacial score (nSPS) is 14.3. The maximum absolute atomic E-state index is 11.9. The summed E-state index contributed by atoms with van der Waals surface area (Å²) in [6, 6.07) is 7.16. The number of aliphatic hydroxyl groups excluding tert-OH is 1. The molecule has 0 saturated heterocycles. The number of pyridine rings is 1. The summed E-state index contributed by atoms with van der Waals surface area (Å²) in [6.45, 7) is 2.66. The van der Waals surface area contributed by atoms with Gasteiger partial charge in [-0.1, -0.05) is 6.07 Å². The Kier molecular flexibility index (Phi) is 5.17. The lowest BCUT2D eigenvalue weighted by molar-refractivity contribution is 0.275. The van der Waals surface area contributed by atoms with Gasteiger partial charge in [0.15, 0.2) is 0 Å². The molecule has 2 heterocycles. The van der Waals surface area contributed by atoms with Gasteiger partial charge in [-0.2, -0.15) is 11.8 Å². The summed E-state index contributed by atoms with van der Waals surface area (Å²) in [5, 5.41) is 12.7. The second kappa shape index (κ2) is 6.88. The lowest BCUT2D eigenvalue weighted by Crippen LogP contribution is -2.37. The molecule has 5 nitrogen and oxygen atoms in total. The summed E-state index contributed by atoms with van der Waals surface area (Å²) in [5.74, 6) is 0. The van der Waals surface area contributed by atoms with E-state index in [1.54, 1.807) is 30.1 Å². The van der Waals surface area contributed by atoms with E-state index in [-0.39, 0.29) is 23.5 Å². The van der Waals surface area contributed by atoms with Gasteiger partial charge in [0.1, 0.15) is 5.65 Å².